The van der Waals surface area contributed by atoms with Gasteiger partial charge in [-0.15, -0.1) is 0 Å². The summed E-state index contributed by atoms with van der Waals surface area (Å²) in [6.07, 6.45) is 0.572. The first-order valence-corrected chi connectivity index (χ1v) is 9.29. The number of hydrogen-bond acceptors (Lipinski definition) is 8. The first-order chi connectivity index (χ1) is 13.4. The number of nitrogens with zero attached hydrogens (tertiary/aromatic N) is 5. The number of thiazole rings is 1. The highest BCUT2D eigenvalue weighted by Crippen LogP contribution is 2.29. The molecule has 3 aromatic rings. The minimum absolute atomic E-state index is 0.184. The number of carbonyl (C=O) groups is 2. The van der Waals surface area contributed by atoms with Crippen molar-refractivity contribution in [2.24, 2.45) is 7.05 Å². The zero-order chi connectivity index (χ0) is 19.8. The molecule has 0 saturated heterocycles. The number of aromatic nitrogens is 4. The Balaban J connectivity index is 1.48. The van der Waals surface area contributed by atoms with Crippen molar-refractivity contribution < 1.29 is 14.1 Å². The Morgan fingerprint density at radius 1 is 1.29 bits per heavy atom. The molecule has 1 N–H and O–H groups in total. The van der Waals surface area contributed by atoms with Crippen LogP contribution in [-0.2, 0) is 20.0 Å². The van der Waals surface area contributed by atoms with Crippen molar-refractivity contribution in [3.63, 3.8) is 0 Å². The maximum Gasteiger partial charge on any atom is 0.279 e. The maximum absolute atomic E-state index is 12.7. The number of amides is 2. The predicted octanol–water partition coefficient (Wildman–Crippen LogP) is 0.984. The fourth-order valence-electron chi connectivity index (χ4n) is 2.84. The fourth-order valence-corrected chi connectivity index (χ4v) is 3.85. The molecule has 4 heterocycles. The van der Waals surface area contributed by atoms with E-state index in [0.29, 0.717) is 30.4 Å². The first kappa shape index (κ1) is 18.0. The molecule has 2 amide bonds. The van der Waals surface area contributed by atoms with Crippen molar-refractivity contribution in [1.29, 1.82) is 0 Å². The lowest BCUT2D eigenvalue weighted by atomic mass is 10.1. The monoisotopic (exact) mass is 400 g/mol. The van der Waals surface area contributed by atoms with E-state index < -0.39 is 5.91 Å². The average molecular weight is 400 g/mol. The van der Waals surface area contributed by atoms with Crippen LogP contribution < -0.4 is 10.9 Å². The van der Waals surface area contributed by atoms with Crippen LogP contribution >= 0.6 is 11.3 Å². The van der Waals surface area contributed by atoms with E-state index >= 15 is 0 Å². The van der Waals surface area contributed by atoms with E-state index in [1.165, 1.54) is 30.5 Å². The summed E-state index contributed by atoms with van der Waals surface area (Å²) >= 11 is 1.32. The summed E-state index contributed by atoms with van der Waals surface area (Å²) in [5.74, 6) is -0.103. The number of nitrogens with one attached hydrogen (secondary N) is 1. The van der Waals surface area contributed by atoms with Crippen LogP contribution in [0.3, 0.4) is 0 Å². The Labute approximate surface area is 162 Å². The quantitative estimate of drug-likeness (QED) is 0.695. The summed E-state index contributed by atoms with van der Waals surface area (Å²) in [7, 11) is 1.50. The molecule has 0 aromatic carbocycles. The summed E-state index contributed by atoms with van der Waals surface area (Å²) < 4.78 is 6.04. The molecule has 3 aromatic heterocycles. The van der Waals surface area contributed by atoms with Crippen LogP contribution in [0, 0.1) is 6.92 Å². The van der Waals surface area contributed by atoms with Gasteiger partial charge in [0.05, 0.1) is 12.2 Å². The molecule has 0 spiro atoms. The van der Waals surface area contributed by atoms with Crippen molar-refractivity contribution in [3.8, 4) is 0 Å². The number of hydrogen-bond donors (Lipinski definition) is 1. The van der Waals surface area contributed by atoms with Crippen LogP contribution in [0.15, 0.2) is 27.5 Å². The molecule has 0 atom stereocenters. The van der Waals surface area contributed by atoms with Crippen LogP contribution in [0.4, 0.5) is 5.13 Å². The second-order valence-electron chi connectivity index (χ2n) is 6.32. The van der Waals surface area contributed by atoms with Crippen LogP contribution in [0.1, 0.15) is 37.3 Å². The maximum atomic E-state index is 12.7. The van der Waals surface area contributed by atoms with E-state index in [-0.39, 0.29) is 22.9 Å². The Morgan fingerprint density at radius 3 is 2.82 bits per heavy atom. The van der Waals surface area contributed by atoms with Gasteiger partial charge in [-0.25, -0.2) is 9.67 Å². The van der Waals surface area contributed by atoms with E-state index in [0.717, 1.165) is 15.3 Å². The van der Waals surface area contributed by atoms with Gasteiger partial charge in [-0.3, -0.25) is 19.7 Å². The van der Waals surface area contributed by atoms with E-state index in [2.05, 4.69) is 20.6 Å². The summed E-state index contributed by atoms with van der Waals surface area (Å²) in [6.45, 7) is 2.56. The molecule has 28 heavy (non-hydrogen) atoms. The average Bonchev–Trinajstić information content (AvgIpc) is 3.28. The third-order valence-corrected chi connectivity index (χ3v) is 5.28. The van der Waals surface area contributed by atoms with Gasteiger partial charge in [0, 0.05) is 37.0 Å². The Hall–Kier alpha value is -3.34. The van der Waals surface area contributed by atoms with Gasteiger partial charge >= 0.3 is 0 Å². The lowest BCUT2D eigenvalue weighted by Crippen LogP contribution is -2.37. The normalized spacial score (nSPS) is 13.3. The molecule has 144 valence electrons. The first-order valence-electron chi connectivity index (χ1n) is 8.47. The van der Waals surface area contributed by atoms with Gasteiger partial charge in [0.2, 0.25) is 0 Å². The Kier molecular flexibility index (Phi) is 4.51. The number of aryl methyl sites for hydroxylation is 2. The molecule has 1 aliphatic rings. The highest BCUT2D eigenvalue weighted by molar-refractivity contribution is 7.15. The van der Waals surface area contributed by atoms with Gasteiger partial charge in [0.25, 0.3) is 17.4 Å². The van der Waals surface area contributed by atoms with Crippen molar-refractivity contribution in [1.82, 2.24) is 24.8 Å². The molecule has 0 radical (unpaired) electrons. The van der Waals surface area contributed by atoms with Crippen molar-refractivity contribution in [3.05, 3.63) is 56.3 Å². The predicted molar refractivity (Wildman–Crippen MR) is 99.2 cm³/mol. The molecule has 1 aliphatic heterocycles. The van der Waals surface area contributed by atoms with Gasteiger partial charge in [0.1, 0.15) is 11.5 Å². The lowest BCUT2D eigenvalue weighted by molar-refractivity contribution is 0.0727. The molecule has 0 aliphatic carbocycles. The molecular weight excluding hydrogens is 384 g/mol. The minimum atomic E-state index is -0.398. The summed E-state index contributed by atoms with van der Waals surface area (Å²) in [4.78, 5) is 43.3. The fraction of sp³-hybridized carbons (Fsp3) is 0.294. The highest BCUT2D eigenvalue weighted by atomic mass is 32.1. The van der Waals surface area contributed by atoms with Crippen LogP contribution in [0.2, 0.25) is 0 Å². The smallest absolute Gasteiger partial charge is 0.279 e. The molecule has 10 nitrogen and oxygen atoms in total. The standard InChI is InChI=1S/C17H16N6O4S/c1-9-7-12(21-27-9)15(25)19-17-18-10-5-6-23(8-13(10)28-17)16(26)11-3-4-14(24)22(2)20-11/h3-4,7H,5-6,8H2,1-2H3,(H,18,19,25). The van der Waals surface area contributed by atoms with E-state index in [4.69, 9.17) is 4.52 Å². The largest absolute Gasteiger partial charge is 0.361 e. The zero-order valence-corrected chi connectivity index (χ0v) is 15.9. The van der Waals surface area contributed by atoms with Gasteiger partial charge in [0.15, 0.2) is 10.8 Å². The molecule has 0 saturated carbocycles. The van der Waals surface area contributed by atoms with E-state index in [9.17, 15) is 14.4 Å². The topological polar surface area (TPSA) is 123 Å². The second-order valence-corrected chi connectivity index (χ2v) is 7.41. The zero-order valence-electron chi connectivity index (χ0n) is 15.1. The van der Waals surface area contributed by atoms with Crippen LogP contribution in [0.25, 0.3) is 0 Å². The minimum Gasteiger partial charge on any atom is -0.361 e. The molecule has 0 unspecified atom stereocenters. The van der Waals surface area contributed by atoms with Gasteiger partial charge in [-0.2, -0.15) is 5.10 Å². The molecule has 4 rings (SSSR count). The number of anilines is 1. The van der Waals surface area contributed by atoms with Crippen molar-refractivity contribution in [2.75, 3.05) is 11.9 Å². The van der Waals surface area contributed by atoms with Gasteiger partial charge in [-0.1, -0.05) is 16.5 Å². The SMILES string of the molecule is Cc1cc(C(=O)Nc2nc3c(s2)CN(C(=O)c2ccc(=O)n(C)n2)CC3)no1. The molecule has 0 fully saturated rings. The van der Waals surface area contributed by atoms with Crippen LogP contribution in [-0.4, -0.2) is 43.2 Å². The molecule has 11 heteroatoms. The van der Waals surface area contributed by atoms with Gasteiger partial charge < -0.3 is 9.42 Å². The number of rotatable bonds is 3. The summed E-state index contributed by atoms with van der Waals surface area (Å²) in [5, 5.41) is 10.9. The third-order valence-electron chi connectivity index (χ3n) is 4.28. The summed E-state index contributed by atoms with van der Waals surface area (Å²) in [6, 6.07) is 4.30. The van der Waals surface area contributed by atoms with E-state index in [1.807, 2.05) is 0 Å². The van der Waals surface area contributed by atoms with Gasteiger partial charge in [-0.05, 0) is 13.0 Å². The van der Waals surface area contributed by atoms with E-state index in [1.54, 1.807) is 17.9 Å². The Bertz CT molecular complexity index is 1130. The molecule has 0 bridgehead atoms. The number of fused-ring (bicyclic) bond motifs is 1. The second kappa shape index (κ2) is 7.00. The van der Waals surface area contributed by atoms with Crippen molar-refractivity contribution >= 4 is 28.3 Å². The van der Waals surface area contributed by atoms with Crippen molar-refractivity contribution in [2.45, 2.75) is 19.9 Å². The van der Waals surface area contributed by atoms with Crippen LogP contribution in [0.5, 0.6) is 0 Å². The number of carbonyl (C=O) groups excluding carboxylic acids is 2. The Morgan fingerprint density at radius 2 is 2.11 bits per heavy atom. The summed E-state index contributed by atoms with van der Waals surface area (Å²) in [5.41, 5.74) is 0.977. The molecular formula is C17H16N6O4S. The lowest BCUT2D eigenvalue weighted by Gasteiger charge is -2.25. The third kappa shape index (κ3) is 3.43. The highest BCUT2D eigenvalue weighted by Gasteiger charge is 2.26.